The minimum atomic E-state index is 0.658. The van der Waals surface area contributed by atoms with Gasteiger partial charge in [-0.05, 0) is 42.5 Å². The number of nitrogen functional groups attached to an aromatic ring is 1. The maximum atomic E-state index is 5.80. The first-order valence-corrected chi connectivity index (χ1v) is 9.77. The van der Waals surface area contributed by atoms with Crippen LogP contribution in [0.2, 0.25) is 0 Å². The minimum absolute atomic E-state index is 0.658. The zero-order chi connectivity index (χ0) is 20.2. The van der Waals surface area contributed by atoms with Crippen LogP contribution in [0.4, 0.5) is 5.69 Å². The van der Waals surface area contributed by atoms with Crippen LogP contribution in [0.5, 0.6) is 11.5 Å². The van der Waals surface area contributed by atoms with Crippen LogP contribution in [-0.2, 0) is 0 Å². The summed E-state index contributed by atoms with van der Waals surface area (Å²) in [6.45, 7) is 0. The smallest absolute Gasteiger partial charge is 0.150 e. The fraction of sp³-hybridized carbons (Fsp3) is 0.0909. The first kappa shape index (κ1) is 18.9. The quantitative estimate of drug-likeness (QED) is 0.470. The fourth-order valence-corrected chi connectivity index (χ4v) is 3.94. The van der Waals surface area contributed by atoms with Crippen molar-refractivity contribution in [3.63, 3.8) is 0 Å². The number of ether oxygens (including phenoxy) is 2. The maximum absolute atomic E-state index is 5.80. The Hall–Kier alpha value is -3.45. The Kier molecular flexibility index (Phi) is 5.39. The second-order valence-electron chi connectivity index (χ2n) is 6.23. The van der Waals surface area contributed by atoms with Crippen LogP contribution in [0.15, 0.2) is 82.7 Å². The van der Waals surface area contributed by atoms with E-state index < -0.39 is 0 Å². The van der Waals surface area contributed by atoms with Crippen molar-refractivity contribution >= 4 is 17.4 Å². The number of anilines is 1. The molecule has 0 spiro atoms. The standard InChI is InChI=1S/C22H20N4O2S/c1-27-19-7-5-8-20(28-2)22(19)26-14-18(24-25-26)17-6-3-4-9-21(17)29-16-12-10-15(23)11-13-16/h3-14H,23H2,1-2H3. The molecule has 0 aliphatic rings. The van der Waals surface area contributed by atoms with Gasteiger partial charge in [-0.3, -0.25) is 0 Å². The van der Waals surface area contributed by atoms with E-state index in [4.69, 9.17) is 15.2 Å². The molecule has 0 aliphatic carbocycles. The van der Waals surface area contributed by atoms with E-state index in [0.717, 1.165) is 26.7 Å². The highest BCUT2D eigenvalue weighted by atomic mass is 32.2. The molecule has 2 N–H and O–H groups in total. The molecule has 1 aromatic heterocycles. The van der Waals surface area contributed by atoms with Crippen LogP contribution in [0.1, 0.15) is 0 Å². The summed E-state index contributed by atoms with van der Waals surface area (Å²) in [5.41, 5.74) is 9.01. The first-order valence-electron chi connectivity index (χ1n) is 8.96. The van der Waals surface area contributed by atoms with Crippen molar-refractivity contribution in [2.24, 2.45) is 0 Å². The third-order valence-corrected chi connectivity index (χ3v) is 5.48. The molecule has 0 saturated carbocycles. The monoisotopic (exact) mass is 404 g/mol. The number of hydrogen-bond donors (Lipinski definition) is 1. The zero-order valence-corrected chi connectivity index (χ0v) is 16.9. The molecule has 7 heteroatoms. The fourth-order valence-electron chi connectivity index (χ4n) is 2.98. The number of nitrogens with zero attached hydrogens (tertiary/aromatic N) is 3. The summed E-state index contributed by atoms with van der Waals surface area (Å²) in [6.07, 6.45) is 1.88. The lowest BCUT2D eigenvalue weighted by Crippen LogP contribution is -2.01. The molecule has 4 aromatic rings. The lowest BCUT2D eigenvalue weighted by atomic mass is 10.2. The Morgan fingerprint density at radius 2 is 1.55 bits per heavy atom. The number of hydrogen-bond acceptors (Lipinski definition) is 6. The van der Waals surface area contributed by atoms with E-state index in [1.54, 1.807) is 30.7 Å². The Balaban J connectivity index is 1.72. The van der Waals surface area contributed by atoms with Crippen LogP contribution < -0.4 is 15.2 Å². The van der Waals surface area contributed by atoms with E-state index in [9.17, 15) is 0 Å². The lowest BCUT2D eigenvalue weighted by molar-refractivity contribution is 0.388. The molecule has 0 bridgehead atoms. The van der Waals surface area contributed by atoms with Crippen LogP contribution in [0, 0.1) is 0 Å². The molecule has 146 valence electrons. The third-order valence-electron chi connectivity index (χ3n) is 4.40. The molecule has 4 rings (SSSR count). The summed E-state index contributed by atoms with van der Waals surface area (Å²) in [6, 6.07) is 21.5. The number of para-hydroxylation sites is 1. The average Bonchev–Trinajstić information content (AvgIpc) is 3.24. The molecule has 1 heterocycles. The normalized spacial score (nSPS) is 10.7. The molecule has 3 aromatic carbocycles. The highest BCUT2D eigenvalue weighted by molar-refractivity contribution is 7.99. The van der Waals surface area contributed by atoms with Crippen LogP contribution in [0.3, 0.4) is 0 Å². The largest absolute Gasteiger partial charge is 0.494 e. The zero-order valence-electron chi connectivity index (χ0n) is 16.1. The van der Waals surface area contributed by atoms with Crippen LogP contribution in [0.25, 0.3) is 16.9 Å². The minimum Gasteiger partial charge on any atom is -0.494 e. The van der Waals surface area contributed by atoms with E-state index in [2.05, 4.69) is 16.4 Å². The molecule has 0 radical (unpaired) electrons. The number of aromatic nitrogens is 3. The Morgan fingerprint density at radius 1 is 0.862 bits per heavy atom. The molecular formula is C22H20N4O2S. The molecule has 0 atom stereocenters. The van der Waals surface area contributed by atoms with Gasteiger partial charge in [0.05, 0.1) is 20.4 Å². The lowest BCUT2D eigenvalue weighted by Gasteiger charge is -2.11. The second kappa shape index (κ2) is 8.28. The highest BCUT2D eigenvalue weighted by Crippen LogP contribution is 2.37. The number of methoxy groups -OCH3 is 2. The van der Waals surface area contributed by atoms with Gasteiger partial charge in [0, 0.05) is 21.0 Å². The Labute approximate surface area is 173 Å². The maximum Gasteiger partial charge on any atom is 0.150 e. The summed E-state index contributed by atoms with van der Waals surface area (Å²) < 4.78 is 12.7. The van der Waals surface area contributed by atoms with Gasteiger partial charge in [-0.15, -0.1) is 5.10 Å². The average molecular weight is 404 g/mol. The van der Waals surface area contributed by atoms with Gasteiger partial charge >= 0.3 is 0 Å². The molecule has 0 saturated heterocycles. The van der Waals surface area contributed by atoms with Gasteiger partial charge in [0.15, 0.2) is 5.69 Å². The van der Waals surface area contributed by atoms with Crippen molar-refractivity contribution in [2.45, 2.75) is 9.79 Å². The van der Waals surface area contributed by atoms with Gasteiger partial charge < -0.3 is 15.2 Å². The Morgan fingerprint density at radius 3 is 2.24 bits per heavy atom. The van der Waals surface area contributed by atoms with Crippen molar-refractivity contribution in [3.05, 3.63) is 72.9 Å². The summed E-state index contributed by atoms with van der Waals surface area (Å²) >= 11 is 1.66. The van der Waals surface area contributed by atoms with Crippen molar-refractivity contribution < 1.29 is 9.47 Å². The molecule has 0 amide bonds. The topological polar surface area (TPSA) is 75.2 Å². The van der Waals surface area contributed by atoms with Crippen molar-refractivity contribution in [2.75, 3.05) is 20.0 Å². The van der Waals surface area contributed by atoms with Crippen molar-refractivity contribution in [3.8, 4) is 28.4 Å². The third kappa shape index (κ3) is 3.90. The molecule has 6 nitrogen and oxygen atoms in total. The van der Waals surface area contributed by atoms with Gasteiger partial charge in [-0.2, -0.15) is 0 Å². The van der Waals surface area contributed by atoms with Gasteiger partial charge in [0.2, 0.25) is 0 Å². The van der Waals surface area contributed by atoms with E-state index >= 15 is 0 Å². The molecule has 0 aliphatic heterocycles. The Bertz CT molecular complexity index is 1100. The first-order chi connectivity index (χ1) is 14.2. The summed E-state index contributed by atoms with van der Waals surface area (Å²) in [5, 5.41) is 8.72. The molecule has 0 unspecified atom stereocenters. The van der Waals surface area contributed by atoms with E-state index in [-0.39, 0.29) is 0 Å². The molecular weight excluding hydrogens is 384 g/mol. The SMILES string of the molecule is COc1cccc(OC)c1-n1cc(-c2ccccc2Sc2ccc(N)cc2)nn1. The van der Waals surface area contributed by atoms with E-state index in [1.165, 1.54) is 0 Å². The summed E-state index contributed by atoms with van der Waals surface area (Å²) in [4.78, 5) is 2.18. The van der Waals surface area contributed by atoms with Crippen molar-refractivity contribution in [1.29, 1.82) is 0 Å². The summed E-state index contributed by atoms with van der Waals surface area (Å²) in [7, 11) is 3.24. The predicted molar refractivity (Wildman–Crippen MR) is 115 cm³/mol. The van der Waals surface area contributed by atoms with Gasteiger partial charge in [-0.1, -0.05) is 41.2 Å². The summed E-state index contributed by atoms with van der Waals surface area (Å²) in [5.74, 6) is 1.32. The van der Waals surface area contributed by atoms with E-state index in [1.807, 2.05) is 66.9 Å². The van der Waals surface area contributed by atoms with Gasteiger partial charge in [0.1, 0.15) is 17.2 Å². The van der Waals surface area contributed by atoms with Gasteiger partial charge in [0.25, 0.3) is 0 Å². The van der Waals surface area contributed by atoms with Crippen molar-refractivity contribution in [1.82, 2.24) is 15.0 Å². The van der Waals surface area contributed by atoms with Crippen LogP contribution >= 0.6 is 11.8 Å². The highest BCUT2D eigenvalue weighted by Gasteiger charge is 2.16. The van der Waals surface area contributed by atoms with Crippen LogP contribution in [-0.4, -0.2) is 29.2 Å². The predicted octanol–water partition coefficient (Wildman–Crippen LogP) is 4.68. The second-order valence-corrected chi connectivity index (χ2v) is 7.34. The van der Waals surface area contributed by atoms with E-state index in [0.29, 0.717) is 17.2 Å². The number of benzene rings is 3. The number of nitrogens with two attached hydrogens (primary N) is 1. The van der Waals surface area contributed by atoms with Gasteiger partial charge in [-0.25, -0.2) is 4.68 Å². The molecule has 29 heavy (non-hydrogen) atoms. The number of rotatable bonds is 6. The molecule has 0 fully saturated rings.